The second-order valence-electron chi connectivity index (χ2n) is 7.06. The maximum absolute atomic E-state index is 4.67. The van der Waals surface area contributed by atoms with Gasteiger partial charge in [-0.25, -0.2) is 4.98 Å². The second-order valence-corrected chi connectivity index (χ2v) is 7.06. The van der Waals surface area contributed by atoms with Crippen molar-refractivity contribution in [2.45, 2.75) is 52.6 Å². The molecular weight excluding hydrogens is 284 g/mol. The van der Waals surface area contributed by atoms with E-state index in [1.54, 1.807) is 0 Å². The topological polar surface area (TPSA) is 34.0 Å². The first kappa shape index (κ1) is 16.2. The van der Waals surface area contributed by atoms with Crippen LogP contribution in [-0.4, -0.2) is 32.5 Å². The fourth-order valence-electron chi connectivity index (χ4n) is 3.61. The molecule has 0 saturated carbocycles. The summed E-state index contributed by atoms with van der Waals surface area (Å²) in [6, 6.07) is 6.84. The van der Waals surface area contributed by atoms with Crippen molar-refractivity contribution in [3.05, 3.63) is 47.8 Å². The van der Waals surface area contributed by atoms with Gasteiger partial charge in [-0.2, -0.15) is 0 Å². The molecule has 0 radical (unpaired) electrons. The lowest BCUT2D eigenvalue weighted by Crippen LogP contribution is -2.36. The van der Waals surface area contributed by atoms with E-state index in [9.17, 15) is 0 Å². The molecule has 0 aliphatic carbocycles. The summed E-state index contributed by atoms with van der Waals surface area (Å²) in [7, 11) is 0. The van der Waals surface area contributed by atoms with Crippen LogP contribution in [0.4, 0.5) is 0 Å². The van der Waals surface area contributed by atoms with Crippen LogP contribution in [-0.2, 0) is 13.0 Å². The molecule has 0 aromatic carbocycles. The molecule has 23 heavy (non-hydrogen) atoms. The van der Waals surface area contributed by atoms with Gasteiger partial charge in [-0.05, 0) is 64.6 Å². The Morgan fingerprint density at radius 2 is 2.17 bits per heavy atom. The maximum Gasteiger partial charge on any atom is 0.123 e. The number of aryl methyl sites for hydroxylation is 1. The van der Waals surface area contributed by atoms with Crippen LogP contribution in [0.2, 0.25) is 0 Å². The summed E-state index contributed by atoms with van der Waals surface area (Å²) in [6.45, 7) is 9.80. The van der Waals surface area contributed by atoms with Gasteiger partial charge in [0.1, 0.15) is 5.82 Å². The SMILES string of the molecule is Cc1cccc(CC2CCCN(Cc3nccn3C(C)C)C2)n1. The van der Waals surface area contributed by atoms with Crippen molar-refractivity contribution >= 4 is 0 Å². The molecule has 0 N–H and O–H groups in total. The minimum atomic E-state index is 0.476. The molecule has 2 aromatic rings. The zero-order chi connectivity index (χ0) is 16.2. The molecule has 1 aliphatic rings. The van der Waals surface area contributed by atoms with Crippen LogP contribution in [0.5, 0.6) is 0 Å². The summed E-state index contributed by atoms with van der Waals surface area (Å²) in [5, 5.41) is 0. The lowest BCUT2D eigenvalue weighted by atomic mass is 9.93. The van der Waals surface area contributed by atoms with Gasteiger partial charge >= 0.3 is 0 Å². The van der Waals surface area contributed by atoms with Crippen LogP contribution in [0.15, 0.2) is 30.6 Å². The second kappa shape index (κ2) is 7.26. The molecule has 124 valence electrons. The van der Waals surface area contributed by atoms with E-state index in [0.717, 1.165) is 25.2 Å². The molecule has 1 unspecified atom stereocenters. The van der Waals surface area contributed by atoms with Gasteiger partial charge in [-0.3, -0.25) is 9.88 Å². The summed E-state index contributed by atoms with van der Waals surface area (Å²) in [5.41, 5.74) is 2.36. The molecule has 0 bridgehead atoms. The van der Waals surface area contributed by atoms with Gasteiger partial charge in [-0.15, -0.1) is 0 Å². The van der Waals surface area contributed by atoms with Crippen molar-refractivity contribution in [3.8, 4) is 0 Å². The van der Waals surface area contributed by atoms with Crippen molar-refractivity contribution in [2.75, 3.05) is 13.1 Å². The first-order valence-electron chi connectivity index (χ1n) is 8.78. The normalized spacial score (nSPS) is 19.4. The quantitative estimate of drug-likeness (QED) is 0.845. The molecule has 2 aromatic heterocycles. The molecule has 1 atom stereocenters. The van der Waals surface area contributed by atoms with Crippen molar-refractivity contribution in [1.82, 2.24) is 19.4 Å². The Bertz CT molecular complexity index is 632. The minimum Gasteiger partial charge on any atom is -0.331 e. The van der Waals surface area contributed by atoms with E-state index < -0.39 is 0 Å². The molecule has 1 saturated heterocycles. The van der Waals surface area contributed by atoms with E-state index in [0.29, 0.717) is 12.0 Å². The lowest BCUT2D eigenvalue weighted by molar-refractivity contribution is 0.160. The number of nitrogens with zero attached hydrogens (tertiary/aromatic N) is 4. The number of imidazole rings is 1. The average molecular weight is 312 g/mol. The third kappa shape index (κ3) is 4.20. The van der Waals surface area contributed by atoms with Crippen LogP contribution in [0.25, 0.3) is 0 Å². The maximum atomic E-state index is 4.67. The first-order chi connectivity index (χ1) is 11.1. The van der Waals surface area contributed by atoms with Gasteiger partial charge in [0.15, 0.2) is 0 Å². The predicted octanol–water partition coefficient (Wildman–Crippen LogP) is 3.62. The summed E-state index contributed by atoms with van der Waals surface area (Å²) in [4.78, 5) is 11.8. The third-order valence-electron chi connectivity index (χ3n) is 4.72. The minimum absolute atomic E-state index is 0.476. The van der Waals surface area contributed by atoms with Crippen LogP contribution in [0.1, 0.15) is 49.9 Å². The van der Waals surface area contributed by atoms with Crippen LogP contribution < -0.4 is 0 Å². The zero-order valence-corrected chi connectivity index (χ0v) is 14.6. The number of aromatic nitrogens is 3. The first-order valence-corrected chi connectivity index (χ1v) is 8.78. The fraction of sp³-hybridized carbons (Fsp3) is 0.579. The third-order valence-corrected chi connectivity index (χ3v) is 4.72. The van der Waals surface area contributed by atoms with Crippen molar-refractivity contribution in [3.63, 3.8) is 0 Å². The van der Waals surface area contributed by atoms with E-state index in [-0.39, 0.29) is 0 Å². The van der Waals surface area contributed by atoms with Gasteiger partial charge in [-0.1, -0.05) is 6.07 Å². The number of likely N-dealkylation sites (tertiary alicyclic amines) is 1. The Balaban J connectivity index is 1.61. The molecule has 0 amide bonds. The number of hydrogen-bond acceptors (Lipinski definition) is 3. The van der Waals surface area contributed by atoms with Crippen LogP contribution in [0.3, 0.4) is 0 Å². The van der Waals surface area contributed by atoms with E-state index in [1.807, 2.05) is 6.20 Å². The van der Waals surface area contributed by atoms with E-state index in [4.69, 9.17) is 0 Å². The van der Waals surface area contributed by atoms with Gasteiger partial charge in [0.05, 0.1) is 6.54 Å². The predicted molar refractivity (Wildman–Crippen MR) is 93.3 cm³/mol. The number of pyridine rings is 1. The Labute approximate surface area is 139 Å². The average Bonchev–Trinajstić information content (AvgIpc) is 2.96. The van der Waals surface area contributed by atoms with E-state index >= 15 is 0 Å². The smallest absolute Gasteiger partial charge is 0.123 e. The molecule has 3 rings (SSSR count). The Morgan fingerprint density at radius 3 is 2.96 bits per heavy atom. The molecule has 4 nitrogen and oxygen atoms in total. The molecule has 3 heterocycles. The Morgan fingerprint density at radius 1 is 1.30 bits per heavy atom. The van der Waals surface area contributed by atoms with Gasteiger partial charge < -0.3 is 4.57 Å². The summed E-state index contributed by atoms with van der Waals surface area (Å²) >= 11 is 0. The molecule has 4 heteroatoms. The highest BCUT2D eigenvalue weighted by molar-refractivity contribution is 5.10. The zero-order valence-electron chi connectivity index (χ0n) is 14.6. The lowest BCUT2D eigenvalue weighted by Gasteiger charge is -2.32. The molecule has 1 aliphatic heterocycles. The van der Waals surface area contributed by atoms with Gasteiger partial charge in [0.2, 0.25) is 0 Å². The highest BCUT2D eigenvalue weighted by atomic mass is 15.2. The summed E-state index contributed by atoms with van der Waals surface area (Å²) < 4.78 is 2.28. The van der Waals surface area contributed by atoms with Crippen LogP contribution >= 0.6 is 0 Å². The molecule has 0 spiro atoms. The number of piperidine rings is 1. The van der Waals surface area contributed by atoms with Crippen molar-refractivity contribution in [1.29, 1.82) is 0 Å². The monoisotopic (exact) mass is 312 g/mol. The number of hydrogen-bond donors (Lipinski definition) is 0. The largest absolute Gasteiger partial charge is 0.331 e. The van der Waals surface area contributed by atoms with Gasteiger partial charge in [0.25, 0.3) is 0 Å². The van der Waals surface area contributed by atoms with Crippen molar-refractivity contribution in [2.24, 2.45) is 5.92 Å². The molecule has 1 fully saturated rings. The number of rotatable bonds is 5. The summed E-state index contributed by atoms with van der Waals surface area (Å²) in [5.74, 6) is 1.90. The molecular formula is C19H28N4. The fourth-order valence-corrected chi connectivity index (χ4v) is 3.61. The Hall–Kier alpha value is -1.68. The van der Waals surface area contributed by atoms with Gasteiger partial charge in [0, 0.05) is 36.4 Å². The summed E-state index contributed by atoms with van der Waals surface area (Å²) in [6.07, 6.45) is 7.70. The highest BCUT2D eigenvalue weighted by Crippen LogP contribution is 2.22. The highest BCUT2D eigenvalue weighted by Gasteiger charge is 2.22. The van der Waals surface area contributed by atoms with E-state index in [1.165, 1.54) is 30.9 Å². The van der Waals surface area contributed by atoms with Crippen molar-refractivity contribution < 1.29 is 0 Å². The standard InChI is InChI=1S/C19H28N4/c1-15(2)23-11-9-20-19(23)14-22-10-5-7-17(13-22)12-18-8-4-6-16(3)21-18/h4,6,8-9,11,15,17H,5,7,10,12-14H2,1-3H3. The van der Waals surface area contributed by atoms with E-state index in [2.05, 4.69) is 64.6 Å². The Kier molecular flexibility index (Phi) is 5.11. The van der Waals surface area contributed by atoms with Crippen LogP contribution in [0, 0.1) is 12.8 Å².